The van der Waals surface area contributed by atoms with Crippen molar-refractivity contribution in [3.8, 4) is 0 Å². The maximum absolute atomic E-state index is 14.4. The van der Waals surface area contributed by atoms with E-state index in [0.29, 0.717) is 18.4 Å². The molecular formula is C44H70F3NO12. The zero-order chi connectivity index (χ0) is 44.9. The van der Waals surface area contributed by atoms with Gasteiger partial charge in [-0.2, -0.15) is 13.2 Å². The van der Waals surface area contributed by atoms with E-state index < -0.39 is 126 Å². The average molecular weight is 862 g/mol. The van der Waals surface area contributed by atoms with Gasteiger partial charge < -0.3 is 53.6 Å². The Kier molecular flexibility index (Phi) is 15.2. The number of ether oxygens (including phenoxy) is 7. The van der Waals surface area contributed by atoms with Crippen LogP contribution in [0, 0.1) is 23.7 Å². The van der Waals surface area contributed by atoms with E-state index in [1.54, 1.807) is 34.7 Å². The van der Waals surface area contributed by atoms with Crippen LogP contribution in [-0.2, 0) is 50.7 Å². The molecule has 4 aliphatic rings. The van der Waals surface area contributed by atoms with Crippen molar-refractivity contribution in [1.82, 2.24) is 4.90 Å². The Balaban J connectivity index is 1.53. The van der Waals surface area contributed by atoms with Crippen LogP contribution in [0.5, 0.6) is 0 Å². The number of nitrogens with zero attached hydrogens (tertiary/aromatic N) is 1. The van der Waals surface area contributed by atoms with E-state index in [0.717, 1.165) is 12.1 Å². The van der Waals surface area contributed by atoms with Crippen molar-refractivity contribution in [3.05, 3.63) is 35.4 Å². The monoisotopic (exact) mass is 861 g/mol. The van der Waals surface area contributed by atoms with Gasteiger partial charge in [-0.05, 0) is 91.5 Å². The maximum atomic E-state index is 14.4. The van der Waals surface area contributed by atoms with Gasteiger partial charge >= 0.3 is 12.1 Å². The summed E-state index contributed by atoms with van der Waals surface area (Å²) in [6, 6.07) is 4.41. The summed E-state index contributed by atoms with van der Waals surface area (Å²) in [5.41, 5.74) is -4.10. The predicted molar refractivity (Wildman–Crippen MR) is 213 cm³/mol. The Bertz CT molecular complexity index is 1590. The minimum atomic E-state index is -4.46. The van der Waals surface area contributed by atoms with Crippen LogP contribution < -0.4 is 0 Å². The zero-order valence-electron chi connectivity index (χ0n) is 37.2. The molecule has 4 aliphatic heterocycles. The van der Waals surface area contributed by atoms with E-state index in [1.165, 1.54) is 26.2 Å². The molecule has 7 unspecified atom stereocenters. The van der Waals surface area contributed by atoms with Crippen molar-refractivity contribution in [2.75, 3.05) is 14.2 Å². The molecule has 13 nitrogen and oxygen atoms in total. The van der Waals surface area contributed by atoms with Gasteiger partial charge in [0.2, 0.25) is 0 Å². The lowest BCUT2D eigenvalue weighted by molar-refractivity contribution is -0.318. The number of benzene rings is 1. The lowest BCUT2D eigenvalue weighted by Gasteiger charge is -2.48. The van der Waals surface area contributed by atoms with Gasteiger partial charge in [0.05, 0.1) is 59.3 Å². The third-order valence-corrected chi connectivity index (χ3v) is 14.0. The number of methoxy groups -OCH3 is 1. The number of cyclic esters (lactones) is 1. The van der Waals surface area contributed by atoms with Crippen molar-refractivity contribution in [1.29, 1.82) is 0 Å². The minimum Gasteiger partial charge on any atom is -0.459 e. The molecule has 4 fully saturated rings. The highest BCUT2D eigenvalue weighted by atomic mass is 19.4. The minimum absolute atomic E-state index is 0.115. The standard InChI is InChI=1S/C44H70F3NO12/c1-13-31(49)43(10,53)38-24(4)34-22(2)19-42(9,60-34)37(25(5)35(26(6)39(52)58-38)57-32-20-41(8,54-12)36(51)27(7)56-32)59-40-33(50)30(18-23(3)55-40)48(11)21-28-14-16-29(17-15-28)44(45,46)47/h14-17,22-27,30-38,40,49-51,53H,13,18-21H2,1-12H3/t22?,23?,24-,25-,26+,27?,30?,31+,32-,33?,34?,35-,36-,37+,38+,40-,41?,42-,43+/m0/s1. The molecule has 0 saturated carbocycles. The number of carbonyl (C=O) groups excluding carboxylic acids is 1. The Morgan fingerprint density at radius 3 is 2.20 bits per heavy atom. The van der Waals surface area contributed by atoms with Crippen LogP contribution in [0.2, 0.25) is 0 Å². The van der Waals surface area contributed by atoms with Crippen molar-refractivity contribution >= 4 is 5.97 Å². The molecule has 344 valence electrons. The summed E-state index contributed by atoms with van der Waals surface area (Å²) >= 11 is 0. The third kappa shape index (κ3) is 10.0. The molecule has 60 heavy (non-hydrogen) atoms. The van der Waals surface area contributed by atoms with Gasteiger partial charge in [-0.1, -0.05) is 39.8 Å². The summed E-state index contributed by atoms with van der Waals surface area (Å²) in [7, 11) is 3.29. The van der Waals surface area contributed by atoms with Gasteiger partial charge in [-0.15, -0.1) is 0 Å². The highest BCUT2D eigenvalue weighted by molar-refractivity contribution is 5.73. The van der Waals surface area contributed by atoms with E-state index in [2.05, 4.69) is 0 Å². The van der Waals surface area contributed by atoms with Crippen molar-refractivity contribution in [2.24, 2.45) is 23.7 Å². The van der Waals surface area contributed by atoms with E-state index in [4.69, 9.17) is 33.2 Å². The van der Waals surface area contributed by atoms with Crippen LogP contribution in [0.4, 0.5) is 13.2 Å². The first kappa shape index (κ1) is 49.1. The molecule has 0 aromatic heterocycles. The van der Waals surface area contributed by atoms with Crippen molar-refractivity contribution in [2.45, 2.75) is 198 Å². The van der Waals surface area contributed by atoms with Gasteiger partial charge in [0.1, 0.15) is 23.9 Å². The molecule has 0 amide bonds. The molecule has 19 atom stereocenters. The molecule has 0 radical (unpaired) electrons. The number of hydrogen-bond donors (Lipinski definition) is 4. The first-order valence-electron chi connectivity index (χ1n) is 21.5. The lowest BCUT2D eigenvalue weighted by atomic mass is 9.76. The first-order valence-corrected chi connectivity index (χ1v) is 21.5. The van der Waals surface area contributed by atoms with E-state index >= 15 is 0 Å². The number of hydrogen-bond acceptors (Lipinski definition) is 13. The number of aliphatic hydroxyl groups is 4. The number of likely N-dealkylation sites (N-methyl/N-ethyl adjacent to an activating group) is 1. The second-order valence-corrected chi connectivity index (χ2v) is 18.9. The fraction of sp³-hybridized carbons (Fsp3) is 0.841. The largest absolute Gasteiger partial charge is 0.459 e. The quantitative estimate of drug-likeness (QED) is 0.215. The van der Waals surface area contributed by atoms with Crippen molar-refractivity contribution in [3.63, 3.8) is 0 Å². The highest BCUT2D eigenvalue weighted by Crippen LogP contribution is 2.48. The Hall–Kier alpha value is -1.96. The molecule has 0 aliphatic carbocycles. The number of halogens is 3. The summed E-state index contributed by atoms with van der Waals surface area (Å²) in [6.45, 7) is 18.0. The average Bonchev–Trinajstić information content (AvgIpc) is 3.50. The molecule has 0 spiro atoms. The van der Waals surface area contributed by atoms with E-state index in [9.17, 15) is 38.4 Å². The molecule has 5 rings (SSSR count). The zero-order valence-corrected chi connectivity index (χ0v) is 37.2. The van der Waals surface area contributed by atoms with Crippen LogP contribution in [0.25, 0.3) is 0 Å². The fourth-order valence-electron chi connectivity index (χ4n) is 10.3. The summed E-state index contributed by atoms with van der Waals surface area (Å²) in [6.07, 6.45) is -13.6. The summed E-state index contributed by atoms with van der Waals surface area (Å²) in [4.78, 5) is 16.3. The molecular weight excluding hydrogens is 791 g/mol. The highest BCUT2D eigenvalue weighted by Gasteiger charge is 2.59. The number of esters is 1. The first-order chi connectivity index (χ1) is 27.8. The number of aliphatic hydroxyl groups excluding tert-OH is 3. The normalized spacial score (nSPS) is 43.5. The van der Waals surface area contributed by atoms with Crippen molar-refractivity contribution < 1.29 is 71.5 Å². The number of alkyl halides is 3. The Labute approximate surface area is 353 Å². The molecule has 2 bridgehead atoms. The molecule has 4 N–H and O–H groups in total. The van der Waals surface area contributed by atoms with Crippen LogP contribution in [-0.4, -0.2) is 136 Å². The van der Waals surface area contributed by atoms with E-state index in [-0.39, 0.29) is 25.3 Å². The van der Waals surface area contributed by atoms with Crippen LogP contribution in [0.1, 0.15) is 106 Å². The molecule has 16 heteroatoms. The predicted octanol–water partition coefficient (Wildman–Crippen LogP) is 5.21. The molecule has 4 saturated heterocycles. The summed E-state index contributed by atoms with van der Waals surface area (Å²) in [5.74, 6) is -3.14. The van der Waals surface area contributed by atoms with Gasteiger partial charge in [-0.25, -0.2) is 0 Å². The van der Waals surface area contributed by atoms with E-state index in [1.807, 2.05) is 39.5 Å². The second kappa shape index (κ2) is 18.6. The SMILES string of the molecule is CC[C@@H](O)[C@@](C)(O)[C@@H]1OC(=O)[C@H](C)[C@@H](O[C@H]2CC(C)(OC)[C@@H](O)C(C)O2)[C@H](C)[C@@H](O[C@@H]2OC(C)CC(N(C)Cc3ccc(C(F)(F)F)cc3)C2O)[C@]2(C)CC(C)C(O2)[C@@H]1C. The van der Waals surface area contributed by atoms with Crippen LogP contribution in [0.15, 0.2) is 24.3 Å². The van der Waals surface area contributed by atoms with Gasteiger partial charge in [0.15, 0.2) is 12.6 Å². The number of rotatable bonds is 11. The van der Waals surface area contributed by atoms with Gasteiger partial charge in [0.25, 0.3) is 0 Å². The number of fused-ring (bicyclic) bond motifs is 2. The Morgan fingerprint density at radius 1 is 0.983 bits per heavy atom. The number of carbonyl (C=O) groups is 1. The van der Waals surface area contributed by atoms with Crippen LogP contribution >= 0.6 is 0 Å². The second-order valence-electron chi connectivity index (χ2n) is 18.9. The molecule has 4 heterocycles. The third-order valence-electron chi connectivity index (χ3n) is 14.0. The topological polar surface area (TPSA) is 166 Å². The fourth-order valence-corrected chi connectivity index (χ4v) is 10.3. The maximum Gasteiger partial charge on any atom is 0.416 e. The summed E-state index contributed by atoms with van der Waals surface area (Å²) in [5, 5.41) is 46.0. The lowest BCUT2D eigenvalue weighted by Crippen LogP contribution is -2.60. The van der Waals surface area contributed by atoms with Gasteiger partial charge in [-0.3, -0.25) is 9.69 Å². The Morgan fingerprint density at radius 2 is 1.62 bits per heavy atom. The smallest absolute Gasteiger partial charge is 0.416 e. The molecule has 1 aromatic rings. The van der Waals surface area contributed by atoms with Crippen LogP contribution in [0.3, 0.4) is 0 Å². The molecule has 1 aromatic carbocycles. The summed E-state index contributed by atoms with van der Waals surface area (Å²) < 4.78 is 85.2. The van der Waals surface area contributed by atoms with Gasteiger partial charge in [0, 0.05) is 38.0 Å².